The van der Waals surface area contributed by atoms with Gasteiger partial charge < -0.3 is 4.74 Å². The molecule has 1 aromatic rings. The summed E-state index contributed by atoms with van der Waals surface area (Å²) < 4.78 is 5.03. The Bertz CT molecular complexity index is 484. The van der Waals surface area contributed by atoms with Crippen LogP contribution < -0.4 is 5.32 Å². The van der Waals surface area contributed by atoms with E-state index in [2.05, 4.69) is 15.3 Å². The molecule has 0 amide bonds. The van der Waals surface area contributed by atoms with Crippen LogP contribution in [0.4, 0.5) is 0 Å². The normalized spacial score (nSPS) is 19.6. The summed E-state index contributed by atoms with van der Waals surface area (Å²) in [5.74, 6) is -0.310. The van der Waals surface area contributed by atoms with E-state index in [1.54, 1.807) is 12.4 Å². The van der Waals surface area contributed by atoms with Gasteiger partial charge in [0.05, 0.1) is 18.5 Å². The molecule has 1 aliphatic rings. The molecule has 21 heavy (non-hydrogen) atoms. The van der Waals surface area contributed by atoms with Crippen LogP contribution in [0.2, 0.25) is 0 Å². The molecule has 0 radical (unpaired) electrons. The molecule has 0 spiro atoms. The molecular formula is C16H25N3O2. The van der Waals surface area contributed by atoms with Crippen molar-refractivity contribution in [3.8, 4) is 0 Å². The monoisotopic (exact) mass is 291 g/mol. The maximum atomic E-state index is 12.4. The average Bonchev–Trinajstić information content (AvgIpc) is 2.75. The maximum absolute atomic E-state index is 12.4. The standard InChI is InChI=1S/C16H25N3O2/c1-12-14(18-11-10-17-12)16(2,15(20)21-3)19-13-8-6-4-5-7-9-13/h10-11,13,19H,4-9H2,1-3H3. The van der Waals surface area contributed by atoms with Crippen molar-refractivity contribution in [1.82, 2.24) is 15.3 Å². The molecule has 0 saturated heterocycles. The zero-order valence-corrected chi connectivity index (χ0v) is 13.2. The molecule has 1 aliphatic carbocycles. The van der Waals surface area contributed by atoms with Crippen molar-refractivity contribution in [3.05, 3.63) is 23.8 Å². The number of ether oxygens (including phenoxy) is 1. The van der Waals surface area contributed by atoms with Crippen molar-refractivity contribution in [2.45, 2.75) is 64.0 Å². The molecule has 1 heterocycles. The van der Waals surface area contributed by atoms with Crippen molar-refractivity contribution < 1.29 is 9.53 Å². The van der Waals surface area contributed by atoms with E-state index in [-0.39, 0.29) is 5.97 Å². The summed E-state index contributed by atoms with van der Waals surface area (Å²) >= 11 is 0. The van der Waals surface area contributed by atoms with Crippen LogP contribution in [0.3, 0.4) is 0 Å². The lowest BCUT2D eigenvalue weighted by atomic mass is 9.93. The van der Waals surface area contributed by atoms with Gasteiger partial charge in [-0.15, -0.1) is 0 Å². The van der Waals surface area contributed by atoms with E-state index >= 15 is 0 Å². The Balaban J connectivity index is 2.28. The third kappa shape index (κ3) is 3.59. The lowest BCUT2D eigenvalue weighted by Gasteiger charge is -2.32. The first-order valence-electron chi connectivity index (χ1n) is 7.72. The van der Waals surface area contributed by atoms with Gasteiger partial charge in [-0.05, 0) is 26.7 Å². The Hall–Kier alpha value is -1.49. The van der Waals surface area contributed by atoms with Crippen LogP contribution in [0.15, 0.2) is 12.4 Å². The highest BCUT2D eigenvalue weighted by Gasteiger charge is 2.41. The highest BCUT2D eigenvalue weighted by molar-refractivity contribution is 5.81. The molecule has 1 unspecified atom stereocenters. The van der Waals surface area contributed by atoms with Crippen molar-refractivity contribution in [1.29, 1.82) is 0 Å². The van der Waals surface area contributed by atoms with Gasteiger partial charge in [0.2, 0.25) is 0 Å². The number of hydrogen-bond donors (Lipinski definition) is 1. The number of carbonyl (C=O) groups is 1. The quantitative estimate of drug-likeness (QED) is 0.682. The number of rotatable bonds is 4. The number of methoxy groups -OCH3 is 1. The zero-order valence-electron chi connectivity index (χ0n) is 13.2. The topological polar surface area (TPSA) is 64.1 Å². The second kappa shape index (κ2) is 6.98. The van der Waals surface area contributed by atoms with Gasteiger partial charge in [-0.3, -0.25) is 15.3 Å². The van der Waals surface area contributed by atoms with Crippen LogP contribution in [0.5, 0.6) is 0 Å². The molecule has 1 saturated carbocycles. The molecule has 116 valence electrons. The minimum Gasteiger partial charge on any atom is -0.467 e. The summed E-state index contributed by atoms with van der Waals surface area (Å²) in [4.78, 5) is 21.0. The van der Waals surface area contributed by atoms with Crippen LogP contribution in [-0.4, -0.2) is 29.1 Å². The SMILES string of the molecule is COC(=O)C(C)(NC1CCCCCC1)c1nccnc1C. The van der Waals surface area contributed by atoms with Crippen LogP contribution in [-0.2, 0) is 15.1 Å². The number of esters is 1. The predicted molar refractivity (Wildman–Crippen MR) is 80.8 cm³/mol. The number of aromatic nitrogens is 2. The molecular weight excluding hydrogens is 266 g/mol. The molecule has 1 N–H and O–H groups in total. The fraction of sp³-hybridized carbons (Fsp3) is 0.688. The first-order valence-corrected chi connectivity index (χ1v) is 7.72. The lowest BCUT2D eigenvalue weighted by Crippen LogP contribution is -2.52. The van der Waals surface area contributed by atoms with Crippen LogP contribution >= 0.6 is 0 Å². The molecule has 0 aromatic carbocycles. The van der Waals surface area contributed by atoms with Crippen molar-refractivity contribution in [2.75, 3.05) is 7.11 Å². The van der Waals surface area contributed by atoms with E-state index in [0.29, 0.717) is 11.7 Å². The number of carbonyl (C=O) groups excluding carboxylic acids is 1. The molecule has 5 heteroatoms. The molecule has 1 aromatic heterocycles. The second-order valence-corrected chi connectivity index (χ2v) is 5.94. The van der Waals surface area contributed by atoms with E-state index in [4.69, 9.17) is 4.74 Å². The number of nitrogens with one attached hydrogen (secondary N) is 1. The van der Waals surface area contributed by atoms with Crippen LogP contribution in [0.1, 0.15) is 56.8 Å². The fourth-order valence-corrected chi connectivity index (χ4v) is 3.16. The number of nitrogens with zero attached hydrogens (tertiary/aromatic N) is 2. The number of aryl methyl sites for hydroxylation is 1. The Kier molecular flexibility index (Phi) is 5.28. The van der Waals surface area contributed by atoms with Gasteiger partial charge in [0.1, 0.15) is 0 Å². The first-order chi connectivity index (χ1) is 10.1. The summed E-state index contributed by atoms with van der Waals surface area (Å²) in [7, 11) is 1.42. The Morgan fingerprint density at radius 3 is 2.43 bits per heavy atom. The highest BCUT2D eigenvalue weighted by atomic mass is 16.5. The molecule has 1 fully saturated rings. The van der Waals surface area contributed by atoms with Gasteiger partial charge in [-0.1, -0.05) is 25.7 Å². The van der Waals surface area contributed by atoms with Crippen molar-refractivity contribution in [2.24, 2.45) is 0 Å². The van der Waals surface area contributed by atoms with Gasteiger partial charge >= 0.3 is 5.97 Å². The third-order valence-electron chi connectivity index (χ3n) is 4.30. The van der Waals surface area contributed by atoms with Gasteiger partial charge in [0.25, 0.3) is 0 Å². The van der Waals surface area contributed by atoms with Gasteiger partial charge in [-0.2, -0.15) is 0 Å². The maximum Gasteiger partial charge on any atom is 0.332 e. The van der Waals surface area contributed by atoms with E-state index < -0.39 is 5.54 Å². The zero-order chi connectivity index (χ0) is 15.3. The van der Waals surface area contributed by atoms with Crippen LogP contribution in [0.25, 0.3) is 0 Å². The second-order valence-electron chi connectivity index (χ2n) is 5.94. The average molecular weight is 291 g/mol. The van der Waals surface area contributed by atoms with Crippen molar-refractivity contribution in [3.63, 3.8) is 0 Å². The van der Waals surface area contributed by atoms with Crippen LogP contribution in [0, 0.1) is 6.92 Å². The van der Waals surface area contributed by atoms with Crippen molar-refractivity contribution >= 4 is 5.97 Å². The summed E-state index contributed by atoms with van der Waals surface area (Å²) in [5, 5.41) is 3.50. The van der Waals surface area contributed by atoms with Gasteiger partial charge in [0, 0.05) is 18.4 Å². The molecule has 0 bridgehead atoms. The summed E-state index contributed by atoms with van der Waals surface area (Å²) in [5.41, 5.74) is 0.467. The number of hydrogen-bond acceptors (Lipinski definition) is 5. The van der Waals surface area contributed by atoms with E-state index in [9.17, 15) is 4.79 Å². The molecule has 5 nitrogen and oxygen atoms in total. The molecule has 2 rings (SSSR count). The predicted octanol–water partition coefficient (Wildman–Crippen LogP) is 2.49. The summed E-state index contributed by atoms with van der Waals surface area (Å²) in [6.07, 6.45) is 10.4. The fourth-order valence-electron chi connectivity index (χ4n) is 3.16. The van der Waals surface area contributed by atoms with E-state index in [1.807, 2.05) is 13.8 Å². The van der Waals surface area contributed by atoms with E-state index in [0.717, 1.165) is 18.5 Å². The minimum atomic E-state index is -0.942. The van der Waals surface area contributed by atoms with E-state index in [1.165, 1.54) is 32.8 Å². The smallest absolute Gasteiger partial charge is 0.332 e. The van der Waals surface area contributed by atoms with Gasteiger partial charge in [0.15, 0.2) is 5.54 Å². The van der Waals surface area contributed by atoms with Gasteiger partial charge in [-0.25, -0.2) is 4.79 Å². The summed E-state index contributed by atoms with van der Waals surface area (Å²) in [6, 6.07) is 0.318. The molecule has 0 aliphatic heterocycles. The minimum absolute atomic E-state index is 0.310. The largest absolute Gasteiger partial charge is 0.467 e. The Labute approximate surface area is 126 Å². The molecule has 1 atom stereocenters. The third-order valence-corrected chi connectivity index (χ3v) is 4.30. The lowest BCUT2D eigenvalue weighted by molar-refractivity contribution is -0.149. The summed E-state index contributed by atoms with van der Waals surface area (Å²) in [6.45, 7) is 3.72. The Morgan fingerprint density at radius 2 is 1.86 bits per heavy atom. The Morgan fingerprint density at radius 1 is 1.24 bits per heavy atom. The highest BCUT2D eigenvalue weighted by Crippen LogP contribution is 2.26. The first kappa shape index (κ1) is 15.9.